The van der Waals surface area contributed by atoms with Gasteiger partial charge < -0.3 is 10.4 Å². The van der Waals surface area contributed by atoms with Crippen LogP contribution >= 0.6 is 0 Å². The third kappa shape index (κ3) is 2.27. The van der Waals surface area contributed by atoms with Crippen molar-refractivity contribution in [2.24, 2.45) is 0 Å². The summed E-state index contributed by atoms with van der Waals surface area (Å²) in [6.45, 7) is 3.17. The quantitative estimate of drug-likeness (QED) is 0.615. The molecule has 1 aliphatic heterocycles. The van der Waals surface area contributed by atoms with Crippen molar-refractivity contribution in [2.75, 3.05) is 6.54 Å². The summed E-state index contributed by atoms with van der Waals surface area (Å²) in [6, 6.07) is 0.593. The number of hydrogen-bond acceptors (Lipinski definition) is 2. The fourth-order valence-corrected chi connectivity index (χ4v) is 1.45. The lowest BCUT2D eigenvalue weighted by atomic mass is 10.1. The van der Waals surface area contributed by atoms with Gasteiger partial charge >= 0.3 is 0 Å². The Bertz CT molecular complexity index is 89.3. The molecule has 2 unspecified atom stereocenters. The molecule has 2 atom stereocenters. The van der Waals surface area contributed by atoms with Crippen LogP contribution in [0.1, 0.15) is 32.6 Å². The standard InChI is InChI=1S/C8H17NO/c1-2-8(10)6-7-4-3-5-9-7/h7-10H,2-6H2,1H3. The molecule has 2 N–H and O–H groups in total. The predicted octanol–water partition coefficient (Wildman–Crippen LogP) is 0.899. The molecule has 60 valence electrons. The van der Waals surface area contributed by atoms with E-state index >= 15 is 0 Å². The van der Waals surface area contributed by atoms with E-state index in [4.69, 9.17) is 0 Å². The monoisotopic (exact) mass is 143 g/mol. The third-order valence-electron chi connectivity index (χ3n) is 2.19. The highest BCUT2D eigenvalue weighted by Crippen LogP contribution is 2.11. The lowest BCUT2D eigenvalue weighted by Gasteiger charge is -2.13. The van der Waals surface area contributed by atoms with Crippen molar-refractivity contribution < 1.29 is 5.11 Å². The van der Waals surface area contributed by atoms with Gasteiger partial charge in [-0.05, 0) is 32.2 Å². The molecule has 1 fully saturated rings. The largest absolute Gasteiger partial charge is 0.393 e. The van der Waals surface area contributed by atoms with Crippen LogP contribution in [0.4, 0.5) is 0 Å². The van der Waals surface area contributed by atoms with E-state index in [1.54, 1.807) is 0 Å². The predicted molar refractivity (Wildman–Crippen MR) is 41.9 cm³/mol. The summed E-state index contributed by atoms with van der Waals surface area (Å²) in [7, 11) is 0. The Labute approximate surface area is 62.6 Å². The van der Waals surface area contributed by atoms with Crippen LogP contribution in [0.15, 0.2) is 0 Å². The average Bonchev–Trinajstić information content (AvgIpc) is 2.40. The van der Waals surface area contributed by atoms with Crippen LogP contribution in [0.5, 0.6) is 0 Å². The molecule has 1 saturated heterocycles. The molecular weight excluding hydrogens is 126 g/mol. The molecule has 0 aliphatic carbocycles. The van der Waals surface area contributed by atoms with E-state index in [0.29, 0.717) is 6.04 Å². The molecule has 2 nitrogen and oxygen atoms in total. The summed E-state index contributed by atoms with van der Waals surface area (Å²) in [4.78, 5) is 0. The van der Waals surface area contributed by atoms with Gasteiger partial charge in [0.1, 0.15) is 0 Å². The van der Waals surface area contributed by atoms with Crippen LogP contribution in [0.2, 0.25) is 0 Å². The van der Waals surface area contributed by atoms with Crippen LogP contribution in [0, 0.1) is 0 Å². The minimum absolute atomic E-state index is 0.0874. The van der Waals surface area contributed by atoms with E-state index in [2.05, 4.69) is 5.32 Å². The zero-order valence-corrected chi connectivity index (χ0v) is 6.64. The van der Waals surface area contributed by atoms with Gasteiger partial charge in [-0.3, -0.25) is 0 Å². The summed E-state index contributed by atoms with van der Waals surface area (Å²) in [5.74, 6) is 0. The normalized spacial score (nSPS) is 28.8. The van der Waals surface area contributed by atoms with Gasteiger partial charge in [0.25, 0.3) is 0 Å². The molecule has 1 aliphatic rings. The number of nitrogens with one attached hydrogen (secondary N) is 1. The second-order valence-corrected chi connectivity index (χ2v) is 3.09. The molecule has 0 aromatic carbocycles. The van der Waals surface area contributed by atoms with Crippen LogP contribution in [-0.2, 0) is 0 Å². The second kappa shape index (κ2) is 3.94. The number of hydrogen-bond donors (Lipinski definition) is 2. The van der Waals surface area contributed by atoms with E-state index in [1.807, 2.05) is 6.92 Å². The van der Waals surface area contributed by atoms with E-state index in [1.165, 1.54) is 12.8 Å². The van der Waals surface area contributed by atoms with E-state index in [-0.39, 0.29) is 6.10 Å². The number of aliphatic hydroxyl groups is 1. The van der Waals surface area contributed by atoms with E-state index in [0.717, 1.165) is 19.4 Å². The van der Waals surface area contributed by atoms with Crippen molar-refractivity contribution in [3.05, 3.63) is 0 Å². The molecule has 0 bridgehead atoms. The Morgan fingerprint density at radius 2 is 2.50 bits per heavy atom. The minimum atomic E-state index is -0.0874. The molecule has 0 aromatic rings. The lowest BCUT2D eigenvalue weighted by Crippen LogP contribution is -2.26. The Hall–Kier alpha value is -0.0800. The van der Waals surface area contributed by atoms with Gasteiger partial charge in [-0.25, -0.2) is 0 Å². The first-order valence-electron chi connectivity index (χ1n) is 4.24. The van der Waals surface area contributed by atoms with Crippen LogP contribution in [0.25, 0.3) is 0 Å². The summed E-state index contributed by atoms with van der Waals surface area (Å²) in [6.07, 6.45) is 4.27. The highest BCUT2D eigenvalue weighted by atomic mass is 16.3. The van der Waals surface area contributed by atoms with Gasteiger partial charge in [-0.1, -0.05) is 6.92 Å². The summed E-state index contributed by atoms with van der Waals surface area (Å²) < 4.78 is 0. The molecule has 0 amide bonds. The smallest absolute Gasteiger partial charge is 0.0552 e. The van der Waals surface area contributed by atoms with Crippen LogP contribution in [-0.4, -0.2) is 23.8 Å². The lowest BCUT2D eigenvalue weighted by molar-refractivity contribution is 0.148. The Morgan fingerprint density at radius 1 is 1.70 bits per heavy atom. The van der Waals surface area contributed by atoms with Crippen molar-refractivity contribution in [1.29, 1.82) is 0 Å². The summed E-state index contributed by atoms with van der Waals surface area (Å²) >= 11 is 0. The van der Waals surface area contributed by atoms with Gasteiger partial charge in [0, 0.05) is 6.04 Å². The van der Waals surface area contributed by atoms with Crippen molar-refractivity contribution in [3.63, 3.8) is 0 Å². The molecule has 0 radical (unpaired) electrons. The highest BCUT2D eigenvalue weighted by molar-refractivity contribution is 4.76. The van der Waals surface area contributed by atoms with Crippen molar-refractivity contribution >= 4 is 0 Å². The van der Waals surface area contributed by atoms with Crippen molar-refractivity contribution in [3.8, 4) is 0 Å². The molecule has 0 aromatic heterocycles. The summed E-state index contributed by atoms with van der Waals surface area (Å²) in [5.41, 5.74) is 0. The number of aliphatic hydroxyl groups excluding tert-OH is 1. The number of rotatable bonds is 3. The highest BCUT2D eigenvalue weighted by Gasteiger charge is 2.16. The second-order valence-electron chi connectivity index (χ2n) is 3.09. The first-order valence-corrected chi connectivity index (χ1v) is 4.24. The molecule has 0 saturated carbocycles. The molecule has 1 rings (SSSR count). The minimum Gasteiger partial charge on any atom is -0.393 e. The average molecular weight is 143 g/mol. The van der Waals surface area contributed by atoms with E-state index < -0.39 is 0 Å². The Balaban J connectivity index is 2.11. The first kappa shape index (κ1) is 8.02. The molecular formula is C8H17NO. The Kier molecular flexibility index (Phi) is 3.16. The first-order chi connectivity index (χ1) is 4.83. The SMILES string of the molecule is CCC(O)CC1CCCN1. The van der Waals surface area contributed by atoms with Gasteiger partial charge in [-0.15, -0.1) is 0 Å². The third-order valence-corrected chi connectivity index (χ3v) is 2.19. The fraction of sp³-hybridized carbons (Fsp3) is 1.00. The van der Waals surface area contributed by atoms with Crippen molar-refractivity contribution in [2.45, 2.75) is 44.8 Å². The van der Waals surface area contributed by atoms with Gasteiger partial charge in [0.15, 0.2) is 0 Å². The fourth-order valence-electron chi connectivity index (χ4n) is 1.45. The van der Waals surface area contributed by atoms with Gasteiger partial charge in [-0.2, -0.15) is 0 Å². The molecule has 10 heavy (non-hydrogen) atoms. The zero-order chi connectivity index (χ0) is 7.40. The molecule has 1 heterocycles. The van der Waals surface area contributed by atoms with Crippen LogP contribution in [0.3, 0.4) is 0 Å². The van der Waals surface area contributed by atoms with E-state index in [9.17, 15) is 5.11 Å². The van der Waals surface area contributed by atoms with Gasteiger partial charge in [0.2, 0.25) is 0 Å². The molecule has 0 spiro atoms. The van der Waals surface area contributed by atoms with Gasteiger partial charge in [0.05, 0.1) is 6.10 Å². The maximum Gasteiger partial charge on any atom is 0.0552 e. The van der Waals surface area contributed by atoms with Crippen LogP contribution < -0.4 is 5.32 Å². The maximum atomic E-state index is 9.28. The molecule has 2 heteroatoms. The topological polar surface area (TPSA) is 32.3 Å². The maximum absolute atomic E-state index is 9.28. The zero-order valence-electron chi connectivity index (χ0n) is 6.64. The summed E-state index contributed by atoms with van der Waals surface area (Å²) in [5, 5.41) is 12.6. The van der Waals surface area contributed by atoms with Crippen molar-refractivity contribution in [1.82, 2.24) is 5.32 Å². The Morgan fingerprint density at radius 3 is 3.00 bits per heavy atom.